The average molecular weight is 264 g/mol. The summed E-state index contributed by atoms with van der Waals surface area (Å²) in [6.45, 7) is 4.22. The molecule has 98 valence electrons. The van der Waals surface area contributed by atoms with Crippen LogP contribution >= 0.6 is 11.3 Å². The Morgan fingerprint density at radius 1 is 1.39 bits per heavy atom. The van der Waals surface area contributed by atoms with Crippen LogP contribution in [0.3, 0.4) is 0 Å². The SMILES string of the molecule is CNC(Cc1cncs1)Cc1c(C)nn(C)c1C. The molecule has 0 aromatic carbocycles. The molecule has 2 aromatic heterocycles. The van der Waals surface area contributed by atoms with Crippen molar-refractivity contribution in [3.8, 4) is 0 Å². The summed E-state index contributed by atoms with van der Waals surface area (Å²) in [6.07, 6.45) is 3.99. The number of nitrogens with one attached hydrogen (secondary N) is 1. The molecule has 0 amide bonds. The zero-order valence-corrected chi connectivity index (χ0v) is 12.2. The molecule has 1 atom stereocenters. The van der Waals surface area contributed by atoms with E-state index < -0.39 is 0 Å². The lowest BCUT2D eigenvalue weighted by Crippen LogP contribution is -2.30. The van der Waals surface area contributed by atoms with Crippen molar-refractivity contribution in [2.24, 2.45) is 7.05 Å². The van der Waals surface area contributed by atoms with E-state index in [0.29, 0.717) is 6.04 Å². The minimum Gasteiger partial charge on any atom is -0.316 e. The number of likely N-dealkylation sites (N-methyl/N-ethyl adjacent to an activating group) is 1. The first kappa shape index (κ1) is 13.2. The Morgan fingerprint density at radius 2 is 2.17 bits per heavy atom. The molecule has 0 saturated heterocycles. The lowest BCUT2D eigenvalue weighted by Gasteiger charge is -2.15. The number of nitrogens with zero attached hydrogens (tertiary/aromatic N) is 3. The summed E-state index contributed by atoms with van der Waals surface area (Å²) in [5.74, 6) is 0. The van der Waals surface area contributed by atoms with Crippen LogP contribution in [0.25, 0.3) is 0 Å². The van der Waals surface area contributed by atoms with Gasteiger partial charge in [-0.05, 0) is 39.3 Å². The third-order valence-electron chi connectivity index (χ3n) is 3.45. The highest BCUT2D eigenvalue weighted by Gasteiger charge is 2.15. The smallest absolute Gasteiger partial charge is 0.0794 e. The van der Waals surface area contributed by atoms with Crippen molar-refractivity contribution < 1.29 is 0 Å². The van der Waals surface area contributed by atoms with Crippen LogP contribution in [-0.4, -0.2) is 27.9 Å². The van der Waals surface area contributed by atoms with Crippen LogP contribution in [0.5, 0.6) is 0 Å². The maximum absolute atomic E-state index is 4.47. The van der Waals surface area contributed by atoms with Gasteiger partial charge in [0.2, 0.25) is 0 Å². The van der Waals surface area contributed by atoms with Crippen molar-refractivity contribution in [1.82, 2.24) is 20.1 Å². The molecule has 2 heterocycles. The van der Waals surface area contributed by atoms with E-state index >= 15 is 0 Å². The van der Waals surface area contributed by atoms with Gasteiger partial charge in [0, 0.05) is 29.9 Å². The molecule has 5 heteroatoms. The highest BCUT2D eigenvalue weighted by molar-refractivity contribution is 7.09. The van der Waals surface area contributed by atoms with Crippen molar-refractivity contribution in [3.63, 3.8) is 0 Å². The van der Waals surface area contributed by atoms with Gasteiger partial charge in [-0.25, -0.2) is 0 Å². The lowest BCUT2D eigenvalue weighted by molar-refractivity contribution is 0.557. The summed E-state index contributed by atoms with van der Waals surface area (Å²) in [5, 5.41) is 7.87. The molecule has 4 nitrogen and oxygen atoms in total. The maximum atomic E-state index is 4.47. The number of hydrogen-bond donors (Lipinski definition) is 1. The van der Waals surface area contributed by atoms with E-state index in [9.17, 15) is 0 Å². The van der Waals surface area contributed by atoms with Crippen molar-refractivity contribution in [2.75, 3.05) is 7.05 Å². The topological polar surface area (TPSA) is 42.7 Å². The number of aryl methyl sites for hydroxylation is 2. The van der Waals surface area contributed by atoms with Gasteiger partial charge in [-0.1, -0.05) is 0 Å². The van der Waals surface area contributed by atoms with Crippen molar-refractivity contribution in [1.29, 1.82) is 0 Å². The fourth-order valence-electron chi connectivity index (χ4n) is 2.22. The minimum absolute atomic E-state index is 0.437. The molecule has 0 spiro atoms. The molecule has 0 aliphatic rings. The molecule has 1 unspecified atom stereocenters. The van der Waals surface area contributed by atoms with E-state index in [1.807, 2.05) is 30.5 Å². The molecular formula is C13H20N4S. The van der Waals surface area contributed by atoms with Crippen molar-refractivity contribution in [3.05, 3.63) is 33.5 Å². The van der Waals surface area contributed by atoms with Crippen LogP contribution in [0.1, 0.15) is 21.8 Å². The van der Waals surface area contributed by atoms with E-state index in [-0.39, 0.29) is 0 Å². The fraction of sp³-hybridized carbons (Fsp3) is 0.538. The number of rotatable bonds is 5. The molecule has 0 fully saturated rings. The van der Waals surface area contributed by atoms with Crippen LogP contribution in [-0.2, 0) is 19.9 Å². The third-order valence-corrected chi connectivity index (χ3v) is 4.25. The van der Waals surface area contributed by atoms with Crippen LogP contribution in [0.15, 0.2) is 11.7 Å². The number of hydrogen-bond acceptors (Lipinski definition) is 4. The Morgan fingerprint density at radius 3 is 2.67 bits per heavy atom. The van der Waals surface area contributed by atoms with E-state index in [2.05, 4.69) is 29.2 Å². The van der Waals surface area contributed by atoms with Crippen molar-refractivity contribution in [2.45, 2.75) is 32.7 Å². The molecule has 0 bridgehead atoms. The summed E-state index contributed by atoms with van der Waals surface area (Å²) >= 11 is 1.72. The monoisotopic (exact) mass is 264 g/mol. The van der Waals surface area contributed by atoms with Crippen molar-refractivity contribution >= 4 is 11.3 Å². The second kappa shape index (κ2) is 5.63. The van der Waals surface area contributed by atoms with Crippen LogP contribution in [0, 0.1) is 13.8 Å². The highest BCUT2D eigenvalue weighted by Crippen LogP contribution is 2.17. The second-order valence-electron chi connectivity index (χ2n) is 4.63. The van der Waals surface area contributed by atoms with Gasteiger partial charge in [0.15, 0.2) is 0 Å². The van der Waals surface area contributed by atoms with E-state index in [0.717, 1.165) is 18.5 Å². The van der Waals surface area contributed by atoms with Gasteiger partial charge in [0.1, 0.15) is 0 Å². The van der Waals surface area contributed by atoms with Gasteiger partial charge in [-0.3, -0.25) is 9.67 Å². The summed E-state index contributed by atoms with van der Waals surface area (Å²) in [4.78, 5) is 5.46. The summed E-state index contributed by atoms with van der Waals surface area (Å²) in [6, 6.07) is 0.437. The predicted molar refractivity (Wildman–Crippen MR) is 75.1 cm³/mol. The summed E-state index contributed by atoms with van der Waals surface area (Å²) in [7, 11) is 4.02. The first-order valence-electron chi connectivity index (χ1n) is 6.15. The Kier molecular flexibility index (Phi) is 4.14. The van der Waals surface area contributed by atoms with Crippen LogP contribution in [0.4, 0.5) is 0 Å². The van der Waals surface area contributed by atoms with Gasteiger partial charge in [0.05, 0.1) is 11.2 Å². The first-order chi connectivity index (χ1) is 8.61. The molecule has 0 aliphatic carbocycles. The number of thiazole rings is 1. The molecule has 18 heavy (non-hydrogen) atoms. The Balaban J connectivity index is 2.10. The normalized spacial score (nSPS) is 12.9. The summed E-state index contributed by atoms with van der Waals surface area (Å²) < 4.78 is 1.96. The van der Waals surface area contributed by atoms with Gasteiger partial charge >= 0.3 is 0 Å². The largest absolute Gasteiger partial charge is 0.316 e. The molecular weight excluding hydrogens is 244 g/mol. The van der Waals surface area contributed by atoms with E-state index in [1.165, 1.54) is 16.1 Å². The Hall–Kier alpha value is -1.20. The highest BCUT2D eigenvalue weighted by atomic mass is 32.1. The fourth-order valence-corrected chi connectivity index (χ4v) is 2.90. The van der Waals surface area contributed by atoms with E-state index in [4.69, 9.17) is 0 Å². The Bertz CT molecular complexity index is 501. The number of aromatic nitrogens is 3. The zero-order valence-electron chi connectivity index (χ0n) is 11.4. The quantitative estimate of drug-likeness (QED) is 0.896. The molecule has 0 saturated carbocycles. The standard InChI is InChI=1S/C13H20N4S/c1-9-13(10(2)17(4)16-9)6-11(14-3)5-12-7-15-8-18-12/h7-8,11,14H,5-6H2,1-4H3. The van der Waals surface area contributed by atoms with Crippen LogP contribution < -0.4 is 5.32 Å². The predicted octanol–water partition coefficient (Wildman–Crippen LogP) is 1.87. The Labute approximate surface area is 112 Å². The van der Waals surface area contributed by atoms with Gasteiger partial charge in [-0.2, -0.15) is 5.10 Å². The van der Waals surface area contributed by atoms with Gasteiger partial charge in [-0.15, -0.1) is 11.3 Å². The minimum atomic E-state index is 0.437. The molecule has 0 aliphatic heterocycles. The molecule has 0 radical (unpaired) electrons. The first-order valence-corrected chi connectivity index (χ1v) is 7.03. The van der Waals surface area contributed by atoms with E-state index in [1.54, 1.807) is 11.3 Å². The molecule has 2 rings (SSSR count). The molecule has 2 aromatic rings. The average Bonchev–Trinajstić information content (AvgIpc) is 2.92. The summed E-state index contributed by atoms with van der Waals surface area (Å²) in [5.41, 5.74) is 5.65. The van der Waals surface area contributed by atoms with Gasteiger partial charge in [0.25, 0.3) is 0 Å². The lowest BCUT2D eigenvalue weighted by atomic mass is 10.0. The molecule has 1 N–H and O–H groups in total. The van der Waals surface area contributed by atoms with Crippen LogP contribution in [0.2, 0.25) is 0 Å². The second-order valence-corrected chi connectivity index (χ2v) is 5.61. The maximum Gasteiger partial charge on any atom is 0.0794 e. The third kappa shape index (κ3) is 2.79. The van der Waals surface area contributed by atoms with Gasteiger partial charge < -0.3 is 5.32 Å². The zero-order chi connectivity index (χ0) is 13.1.